The molecule has 1 aromatic carbocycles. The number of carboxylic acid groups (broad SMARTS) is 1. The molecular weight excluding hydrogens is 214 g/mol. The quantitative estimate of drug-likeness (QED) is 0.847. The molecule has 0 saturated carbocycles. The smallest absolute Gasteiger partial charge is 0.352 e. The highest BCUT2D eigenvalue weighted by Gasteiger charge is 2.12. The van der Waals surface area contributed by atoms with Crippen LogP contribution in [0.4, 0.5) is 0 Å². The third-order valence-electron chi connectivity index (χ3n) is 2.04. The summed E-state index contributed by atoms with van der Waals surface area (Å²) in [4.78, 5) is 10.9. The van der Waals surface area contributed by atoms with E-state index in [0.717, 1.165) is 5.69 Å². The lowest BCUT2D eigenvalue weighted by Gasteiger charge is -2.04. The summed E-state index contributed by atoms with van der Waals surface area (Å²) in [6.45, 7) is 0. The number of carbonyl (C=O) groups is 1. The Bertz CT molecular complexity index is 491. The normalized spacial score (nSPS) is 10.2. The van der Waals surface area contributed by atoms with E-state index >= 15 is 0 Å². The minimum Gasteiger partial charge on any atom is -0.477 e. The maximum Gasteiger partial charge on any atom is 0.352 e. The van der Waals surface area contributed by atoms with Gasteiger partial charge >= 0.3 is 5.97 Å². The fraction of sp³-hybridized carbons (Fsp3) is 0. The highest BCUT2D eigenvalue weighted by molar-refractivity contribution is 6.31. The Balaban J connectivity index is 2.58. The summed E-state index contributed by atoms with van der Waals surface area (Å²) < 4.78 is 1.55. The Kier molecular flexibility index (Phi) is 2.47. The molecule has 0 aliphatic carbocycles. The summed E-state index contributed by atoms with van der Waals surface area (Å²) in [5.41, 5.74) is 0.938. The van der Waals surface area contributed by atoms with Gasteiger partial charge < -0.3 is 9.67 Å². The summed E-state index contributed by atoms with van der Waals surface area (Å²) in [5, 5.41) is 9.37. The van der Waals surface area contributed by atoms with Crippen molar-refractivity contribution in [1.82, 2.24) is 4.57 Å². The summed E-state index contributed by atoms with van der Waals surface area (Å²) >= 11 is 5.78. The highest BCUT2D eigenvalue weighted by atomic mass is 35.5. The summed E-state index contributed by atoms with van der Waals surface area (Å²) in [5.74, 6) is -0.995. The lowest BCUT2D eigenvalue weighted by Crippen LogP contribution is -2.05. The Morgan fingerprint density at radius 3 is 2.53 bits per heavy atom. The van der Waals surface area contributed by atoms with Crippen molar-refractivity contribution in [2.45, 2.75) is 0 Å². The first kappa shape index (κ1) is 9.80. The van der Waals surface area contributed by atoms with Crippen LogP contribution in [0.1, 0.15) is 10.5 Å². The van der Waals surface area contributed by atoms with Gasteiger partial charge in [-0.3, -0.25) is 0 Å². The van der Waals surface area contributed by atoms with E-state index in [9.17, 15) is 4.79 Å². The van der Waals surface area contributed by atoms with Crippen molar-refractivity contribution < 1.29 is 9.90 Å². The van der Waals surface area contributed by atoms with Gasteiger partial charge in [0.1, 0.15) is 5.69 Å². The van der Waals surface area contributed by atoms with Crippen molar-refractivity contribution in [3.8, 4) is 5.69 Å². The van der Waals surface area contributed by atoms with Crippen molar-refractivity contribution >= 4 is 17.6 Å². The Hall–Kier alpha value is -1.74. The van der Waals surface area contributed by atoms with Gasteiger partial charge in [0.2, 0.25) is 0 Å². The van der Waals surface area contributed by atoms with Crippen LogP contribution < -0.4 is 0 Å². The van der Waals surface area contributed by atoms with Crippen LogP contribution in [0.5, 0.6) is 0 Å². The average molecular weight is 222 g/mol. The first-order valence-corrected chi connectivity index (χ1v) is 4.73. The second-order valence-electron chi connectivity index (χ2n) is 3.05. The number of rotatable bonds is 2. The molecule has 0 amide bonds. The fourth-order valence-corrected chi connectivity index (χ4v) is 1.60. The molecule has 0 bridgehead atoms. The predicted octanol–water partition coefficient (Wildman–Crippen LogP) is 2.83. The maximum atomic E-state index is 10.9. The molecule has 1 heterocycles. The van der Waals surface area contributed by atoms with E-state index < -0.39 is 5.97 Å². The molecule has 4 heteroatoms. The molecule has 15 heavy (non-hydrogen) atoms. The molecule has 2 rings (SSSR count). The van der Waals surface area contributed by atoms with Crippen LogP contribution in [-0.4, -0.2) is 15.6 Å². The Morgan fingerprint density at radius 1 is 1.27 bits per heavy atom. The lowest BCUT2D eigenvalue weighted by molar-refractivity contribution is 0.0688. The van der Waals surface area contributed by atoms with Gasteiger partial charge in [0.15, 0.2) is 0 Å². The number of benzene rings is 1. The zero-order valence-electron chi connectivity index (χ0n) is 7.72. The number of carboxylic acids is 1. The minimum atomic E-state index is -0.995. The van der Waals surface area contributed by atoms with E-state index in [1.807, 2.05) is 30.3 Å². The number of hydrogen-bond acceptors (Lipinski definition) is 1. The molecule has 0 fully saturated rings. The number of aromatic nitrogens is 1. The van der Waals surface area contributed by atoms with Crippen molar-refractivity contribution in [2.24, 2.45) is 0 Å². The lowest BCUT2D eigenvalue weighted by atomic mass is 10.3. The average Bonchev–Trinajstić information content (AvgIpc) is 2.62. The predicted molar refractivity (Wildman–Crippen MR) is 57.7 cm³/mol. The molecule has 3 nitrogen and oxygen atoms in total. The number of hydrogen-bond donors (Lipinski definition) is 1. The molecule has 0 aliphatic heterocycles. The summed E-state index contributed by atoms with van der Waals surface area (Å²) in [7, 11) is 0. The summed E-state index contributed by atoms with van der Waals surface area (Å²) in [6, 6.07) is 10.6. The fourth-order valence-electron chi connectivity index (χ4n) is 1.40. The first-order chi connectivity index (χ1) is 7.18. The molecule has 0 unspecified atom stereocenters. The molecule has 0 aliphatic rings. The van der Waals surface area contributed by atoms with Crippen LogP contribution >= 0.6 is 11.6 Å². The van der Waals surface area contributed by atoms with Gasteiger partial charge in [-0.2, -0.15) is 0 Å². The molecular formula is C11H8ClNO2. The van der Waals surface area contributed by atoms with E-state index in [1.165, 1.54) is 6.07 Å². The largest absolute Gasteiger partial charge is 0.477 e. The van der Waals surface area contributed by atoms with E-state index in [1.54, 1.807) is 10.8 Å². The van der Waals surface area contributed by atoms with Crippen LogP contribution in [0.3, 0.4) is 0 Å². The van der Waals surface area contributed by atoms with Crippen LogP contribution in [0.15, 0.2) is 42.6 Å². The number of nitrogens with zero attached hydrogens (tertiary/aromatic N) is 1. The van der Waals surface area contributed by atoms with Gasteiger partial charge in [0.05, 0.1) is 5.02 Å². The third kappa shape index (κ3) is 1.87. The molecule has 0 spiro atoms. The SMILES string of the molecule is O=C(O)c1cc(Cl)cn1-c1ccccc1. The van der Waals surface area contributed by atoms with Crippen LogP contribution in [0.2, 0.25) is 5.02 Å². The van der Waals surface area contributed by atoms with Gasteiger partial charge in [-0.1, -0.05) is 29.8 Å². The molecule has 2 aromatic rings. The van der Waals surface area contributed by atoms with Crippen LogP contribution in [-0.2, 0) is 0 Å². The van der Waals surface area contributed by atoms with Crippen LogP contribution in [0, 0.1) is 0 Å². The van der Waals surface area contributed by atoms with E-state index in [0.29, 0.717) is 5.02 Å². The zero-order chi connectivity index (χ0) is 10.8. The Morgan fingerprint density at radius 2 is 1.93 bits per heavy atom. The standard InChI is InChI=1S/C11H8ClNO2/c12-8-6-10(11(14)15)13(7-8)9-4-2-1-3-5-9/h1-7H,(H,14,15). The molecule has 0 atom stereocenters. The van der Waals surface area contributed by atoms with Crippen molar-refractivity contribution in [1.29, 1.82) is 0 Å². The second-order valence-corrected chi connectivity index (χ2v) is 3.49. The minimum absolute atomic E-state index is 0.159. The number of aromatic carboxylic acids is 1. The van der Waals surface area contributed by atoms with E-state index in [-0.39, 0.29) is 5.69 Å². The van der Waals surface area contributed by atoms with Crippen molar-refractivity contribution in [2.75, 3.05) is 0 Å². The van der Waals surface area contributed by atoms with Crippen LogP contribution in [0.25, 0.3) is 5.69 Å². The molecule has 0 radical (unpaired) electrons. The highest BCUT2D eigenvalue weighted by Crippen LogP contribution is 2.19. The topological polar surface area (TPSA) is 42.2 Å². The molecule has 1 N–H and O–H groups in total. The van der Waals surface area contributed by atoms with Gasteiger partial charge in [0, 0.05) is 11.9 Å². The van der Waals surface area contributed by atoms with Gasteiger partial charge in [0.25, 0.3) is 0 Å². The summed E-state index contributed by atoms with van der Waals surface area (Å²) in [6.07, 6.45) is 1.58. The Labute approximate surface area is 91.5 Å². The van der Waals surface area contributed by atoms with Gasteiger partial charge in [-0.25, -0.2) is 4.79 Å². The second kappa shape index (κ2) is 3.79. The van der Waals surface area contributed by atoms with E-state index in [4.69, 9.17) is 16.7 Å². The van der Waals surface area contributed by atoms with Gasteiger partial charge in [-0.15, -0.1) is 0 Å². The maximum absolute atomic E-state index is 10.9. The molecule has 76 valence electrons. The third-order valence-corrected chi connectivity index (χ3v) is 2.25. The monoisotopic (exact) mass is 221 g/mol. The zero-order valence-corrected chi connectivity index (χ0v) is 8.48. The van der Waals surface area contributed by atoms with Crippen molar-refractivity contribution in [3.63, 3.8) is 0 Å². The van der Waals surface area contributed by atoms with Crippen molar-refractivity contribution in [3.05, 3.63) is 53.3 Å². The first-order valence-electron chi connectivity index (χ1n) is 4.35. The molecule has 0 saturated heterocycles. The van der Waals surface area contributed by atoms with E-state index in [2.05, 4.69) is 0 Å². The van der Waals surface area contributed by atoms with Gasteiger partial charge in [-0.05, 0) is 18.2 Å². The molecule has 1 aromatic heterocycles. The number of para-hydroxylation sites is 1. The number of halogens is 1.